The molecule has 3 aromatic rings. The third-order valence-corrected chi connectivity index (χ3v) is 6.01. The number of carbonyl (C=O) groups is 1. The number of likely N-dealkylation sites (N-methyl/N-ethyl adjacent to an activating group) is 1. The number of nitrogens with one attached hydrogen (secondary N) is 1. The Morgan fingerprint density at radius 1 is 1.09 bits per heavy atom. The summed E-state index contributed by atoms with van der Waals surface area (Å²) in [4.78, 5) is 16.7. The fourth-order valence-electron chi connectivity index (χ4n) is 3.41. The van der Waals surface area contributed by atoms with Crippen molar-refractivity contribution in [2.24, 2.45) is 0 Å². The molecule has 1 aliphatic rings. The normalized spacial score (nSPS) is 15.0. The van der Waals surface area contributed by atoms with Crippen LogP contribution in [0.4, 0.5) is 24.5 Å². The Labute approximate surface area is 193 Å². The Morgan fingerprint density at radius 3 is 2.52 bits per heavy atom. The summed E-state index contributed by atoms with van der Waals surface area (Å²) >= 11 is 1.02. The molecule has 0 bridgehead atoms. The SMILES string of the molecule is CN1CCN(c2ccc(C(F)(F)F)cc2NC(=O)CSc2nnc(-c3ccccc3)o2)CC1. The molecule has 1 amide bonds. The summed E-state index contributed by atoms with van der Waals surface area (Å²) in [5, 5.41) is 10.7. The molecular weight excluding hydrogens is 455 g/mol. The number of hydrogen-bond donors (Lipinski definition) is 1. The molecule has 1 aromatic heterocycles. The van der Waals surface area contributed by atoms with Crippen LogP contribution in [0.3, 0.4) is 0 Å². The van der Waals surface area contributed by atoms with Gasteiger partial charge in [-0.25, -0.2) is 0 Å². The number of nitrogens with zero attached hydrogens (tertiary/aromatic N) is 4. The number of carbonyl (C=O) groups excluding carboxylic acids is 1. The second kappa shape index (κ2) is 9.84. The second-order valence-electron chi connectivity index (χ2n) is 7.60. The molecule has 0 aliphatic carbocycles. The zero-order valence-corrected chi connectivity index (χ0v) is 18.6. The molecule has 2 aromatic carbocycles. The number of halogens is 3. The Hall–Kier alpha value is -3.05. The average Bonchev–Trinajstić information content (AvgIpc) is 3.28. The van der Waals surface area contributed by atoms with Crippen molar-refractivity contribution in [1.82, 2.24) is 15.1 Å². The van der Waals surface area contributed by atoms with Crippen LogP contribution in [0.5, 0.6) is 0 Å². The second-order valence-corrected chi connectivity index (χ2v) is 8.52. The lowest BCUT2D eigenvalue weighted by atomic mass is 10.1. The molecule has 2 heterocycles. The minimum absolute atomic E-state index is 0.0884. The quantitative estimate of drug-likeness (QED) is 0.533. The van der Waals surface area contributed by atoms with E-state index < -0.39 is 17.6 Å². The molecule has 0 spiro atoms. The van der Waals surface area contributed by atoms with Gasteiger partial charge in [0.15, 0.2) is 0 Å². The molecule has 0 atom stereocenters. The maximum atomic E-state index is 13.3. The molecule has 33 heavy (non-hydrogen) atoms. The van der Waals surface area contributed by atoms with E-state index in [2.05, 4.69) is 20.4 Å². The minimum atomic E-state index is -4.51. The smallest absolute Gasteiger partial charge is 0.411 e. The first-order chi connectivity index (χ1) is 15.8. The van der Waals surface area contributed by atoms with E-state index in [-0.39, 0.29) is 16.7 Å². The topological polar surface area (TPSA) is 74.5 Å². The first-order valence-corrected chi connectivity index (χ1v) is 11.2. The highest BCUT2D eigenvalue weighted by Gasteiger charge is 2.32. The Morgan fingerprint density at radius 2 is 1.82 bits per heavy atom. The summed E-state index contributed by atoms with van der Waals surface area (Å²) in [6.07, 6.45) is -4.51. The number of alkyl halides is 3. The lowest BCUT2D eigenvalue weighted by Gasteiger charge is -2.35. The van der Waals surface area contributed by atoms with Gasteiger partial charge in [-0.15, -0.1) is 10.2 Å². The number of aromatic nitrogens is 2. The number of benzene rings is 2. The van der Waals surface area contributed by atoms with E-state index in [1.165, 1.54) is 6.07 Å². The fraction of sp³-hybridized carbons (Fsp3) is 0.318. The zero-order valence-electron chi connectivity index (χ0n) is 17.8. The van der Waals surface area contributed by atoms with Crippen molar-refractivity contribution < 1.29 is 22.4 Å². The van der Waals surface area contributed by atoms with Crippen LogP contribution in [0.15, 0.2) is 58.2 Å². The van der Waals surface area contributed by atoms with E-state index in [1.807, 2.05) is 42.3 Å². The predicted molar refractivity (Wildman–Crippen MR) is 120 cm³/mol. The number of piperazine rings is 1. The van der Waals surface area contributed by atoms with Crippen molar-refractivity contribution in [3.05, 3.63) is 54.1 Å². The maximum Gasteiger partial charge on any atom is 0.416 e. The van der Waals surface area contributed by atoms with Crippen LogP contribution in [-0.4, -0.2) is 60.0 Å². The van der Waals surface area contributed by atoms with Gasteiger partial charge in [0.25, 0.3) is 5.22 Å². The van der Waals surface area contributed by atoms with E-state index in [1.54, 1.807) is 0 Å². The van der Waals surface area contributed by atoms with Gasteiger partial charge in [-0.1, -0.05) is 30.0 Å². The fourth-order valence-corrected chi connectivity index (χ4v) is 3.98. The maximum absolute atomic E-state index is 13.3. The van der Waals surface area contributed by atoms with Gasteiger partial charge < -0.3 is 19.5 Å². The summed E-state index contributed by atoms with van der Waals surface area (Å²) in [7, 11) is 1.99. The van der Waals surface area contributed by atoms with Crippen LogP contribution >= 0.6 is 11.8 Å². The Balaban J connectivity index is 1.45. The number of anilines is 2. The minimum Gasteiger partial charge on any atom is -0.411 e. The van der Waals surface area contributed by atoms with E-state index >= 15 is 0 Å². The van der Waals surface area contributed by atoms with Gasteiger partial charge in [-0.2, -0.15) is 13.2 Å². The van der Waals surface area contributed by atoms with Crippen molar-refractivity contribution in [1.29, 1.82) is 0 Å². The van der Waals surface area contributed by atoms with E-state index in [4.69, 9.17) is 4.42 Å². The Bertz CT molecular complexity index is 1100. The van der Waals surface area contributed by atoms with Crippen molar-refractivity contribution in [3.63, 3.8) is 0 Å². The van der Waals surface area contributed by atoms with Crippen molar-refractivity contribution in [2.45, 2.75) is 11.4 Å². The molecule has 0 radical (unpaired) electrons. The molecule has 11 heteroatoms. The molecule has 1 N–H and O–H groups in total. The third-order valence-electron chi connectivity index (χ3n) is 5.20. The van der Waals surface area contributed by atoms with Crippen LogP contribution < -0.4 is 10.2 Å². The van der Waals surface area contributed by atoms with E-state index in [0.29, 0.717) is 24.7 Å². The van der Waals surface area contributed by atoms with Gasteiger partial charge >= 0.3 is 6.18 Å². The number of thioether (sulfide) groups is 1. The summed E-state index contributed by atoms with van der Waals surface area (Å²) < 4.78 is 45.4. The first-order valence-electron chi connectivity index (χ1n) is 10.3. The van der Waals surface area contributed by atoms with Crippen molar-refractivity contribution in [3.8, 4) is 11.5 Å². The molecule has 7 nitrogen and oxygen atoms in total. The average molecular weight is 478 g/mol. The largest absolute Gasteiger partial charge is 0.416 e. The molecule has 4 rings (SSSR count). The highest BCUT2D eigenvalue weighted by molar-refractivity contribution is 7.99. The highest BCUT2D eigenvalue weighted by Crippen LogP contribution is 2.36. The molecular formula is C22H22F3N5O2S. The molecule has 0 saturated carbocycles. The van der Waals surface area contributed by atoms with Crippen LogP contribution in [0.25, 0.3) is 11.5 Å². The van der Waals surface area contributed by atoms with Crippen LogP contribution in [0, 0.1) is 0 Å². The van der Waals surface area contributed by atoms with Crippen molar-refractivity contribution in [2.75, 3.05) is 49.2 Å². The van der Waals surface area contributed by atoms with Gasteiger partial charge in [0.1, 0.15) is 0 Å². The summed E-state index contributed by atoms with van der Waals surface area (Å²) in [6, 6.07) is 12.6. The van der Waals surface area contributed by atoms with Gasteiger partial charge in [0.2, 0.25) is 11.8 Å². The molecule has 1 fully saturated rings. The molecule has 0 unspecified atom stereocenters. The zero-order chi connectivity index (χ0) is 23.4. The lowest BCUT2D eigenvalue weighted by Crippen LogP contribution is -2.44. The third kappa shape index (κ3) is 5.85. The van der Waals surface area contributed by atoms with Crippen LogP contribution in [0.1, 0.15) is 5.56 Å². The Kier molecular flexibility index (Phi) is 6.89. The molecule has 1 saturated heterocycles. The highest BCUT2D eigenvalue weighted by atomic mass is 32.2. The molecule has 1 aliphatic heterocycles. The number of rotatable bonds is 6. The van der Waals surface area contributed by atoms with Crippen LogP contribution in [-0.2, 0) is 11.0 Å². The van der Waals surface area contributed by atoms with Gasteiger partial charge in [0, 0.05) is 31.7 Å². The monoisotopic (exact) mass is 477 g/mol. The summed E-state index contributed by atoms with van der Waals surface area (Å²) in [5.74, 6) is -0.225. The molecule has 174 valence electrons. The first kappa shape index (κ1) is 23.1. The van der Waals surface area contributed by atoms with Crippen LogP contribution in [0.2, 0.25) is 0 Å². The van der Waals surface area contributed by atoms with Crippen molar-refractivity contribution >= 4 is 29.0 Å². The summed E-state index contributed by atoms with van der Waals surface area (Å²) in [6.45, 7) is 2.88. The summed E-state index contributed by atoms with van der Waals surface area (Å²) in [5.41, 5.74) is 0.643. The van der Waals surface area contributed by atoms with E-state index in [0.717, 1.165) is 42.5 Å². The number of hydrogen-bond acceptors (Lipinski definition) is 7. The standard InChI is InChI=1S/C22H22F3N5O2S/c1-29-9-11-30(12-10-29)18-8-7-16(22(23,24)25)13-17(18)26-19(31)14-33-21-28-27-20(32-21)15-5-3-2-4-6-15/h2-8,13H,9-12,14H2,1H3,(H,26,31). The lowest BCUT2D eigenvalue weighted by molar-refractivity contribution is -0.137. The van der Waals surface area contributed by atoms with Gasteiger partial charge in [0.05, 0.1) is 22.7 Å². The number of amides is 1. The predicted octanol–water partition coefficient (Wildman–Crippen LogP) is 4.24. The van der Waals surface area contributed by atoms with Gasteiger partial charge in [-0.3, -0.25) is 4.79 Å². The van der Waals surface area contributed by atoms with Gasteiger partial charge in [-0.05, 0) is 37.4 Å². The van der Waals surface area contributed by atoms with E-state index in [9.17, 15) is 18.0 Å².